The minimum Gasteiger partial charge on any atom is -0.490 e. The van der Waals surface area contributed by atoms with Gasteiger partial charge in [0.1, 0.15) is 0 Å². The van der Waals surface area contributed by atoms with Crippen molar-refractivity contribution in [3.8, 4) is 11.5 Å². The number of aromatic nitrogens is 2. The number of hydrogen-bond donors (Lipinski definition) is 2. The molecule has 8 nitrogen and oxygen atoms in total. The normalized spacial score (nSPS) is 11.1. The van der Waals surface area contributed by atoms with E-state index in [-0.39, 0.29) is 12.5 Å². The van der Waals surface area contributed by atoms with Crippen molar-refractivity contribution in [2.45, 2.75) is 13.8 Å². The van der Waals surface area contributed by atoms with Gasteiger partial charge in [-0.25, -0.2) is 9.66 Å². The molecule has 1 heterocycles. The Bertz CT molecular complexity index is 1310. The third kappa shape index (κ3) is 5.30. The quantitative estimate of drug-likeness (QED) is 0.397. The molecule has 3 N–H and O–H groups in total. The second kappa shape index (κ2) is 9.86. The fourth-order valence-electron chi connectivity index (χ4n) is 3.38. The summed E-state index contributed by atoms with van der Waals surface area (Å²) in [5, 5.41) is 9.26. The number of nitrogens with zero attached hydrogens (tertiary/aromatic N) is 3. The van der Waals surface area contributed by atoms with E-state index in [0.717, 1.165) is 27.7 Å². The van der Waals surface area contributed by atoms with Crippen LogP contribution in [-0.4, -0.2) is 35.0 Å². The zero-order valence-corrected chi connectivity index (χ0v) is 18.5. The van der Waals surface area contributed by atoms with E-state index < -0.39 is 0 Å². The molecular weight excluding hydrogens is 418 g/mol. The summed E-state index contributed by atoms with van der Waals surface area (Å²) in [5.41, 5.74) is 8.13. The number of hydrogen-bond acceptors (Lipinski definition) is 6. The first kappa shape index (κ1) is 21.9. The van der Waals surface area contributed by atoms with Crippen molar-refractivity contribution < 1.29 is 14.3 Å². The van der Waals surface area contributed by atoms with Crippen molar-refractivity contribution in [3.05, 3.63) is 78.1 Å². The van der Waals surface area contributed by atoms with E-state index in [1.165, 1.54) is 4.68 Å². The number of imidazole rings is 1. The van der Waals surface area contributed by atoms with E-state index in [1.807, 2.05) is 62.4 Å². The lowest BCUT2D eigenvalue weighted by Gasteiger charge is -2.13. The Morgan fingerprint density at radius 2 is 1.94 bits per heavy atom. The maximum atomic E-state index is 12.5. The molecule has 0 aliphatic heterocycles. The van der Waals surface area contributed by atoms with Crippen LogP contribution in [0.5, 0.6) is 11.5 Å². The van der Waals surface area contributed by atoms with E-state index in [0.29, 0.717) is 24.1 Å². The highest BCUT2D eigenvalue weighted by Crippen LogP contribution is 2.28. The summed E-state index contributed by atoms with van der Waals surface area (Å²) in [4.78, 5) is 16.7. The zero-order valence-electron chi connectivity index (χ0n) is 18.5. The third-order valence-corrected chi connectivity index (χ3v) is 4.86. The van der Waals surface area contributed by atoms with E-state index in [2.05, 4.69) is 15.4 Å². The Morgan fingerprint density at radius 1 is 1.12 bits per heavy atom. The van der Waals surface area contributed by atoms with Gasteiger partial charge in [-0.2, -0.15) is 5.10 Å². The molecule has 0 aliphatic rings. The lowest BCUT2D eigenvalue weighted by molar-refractivity contribution is -0.118. The van der Waals surface area contributed by atoms with Gasteiger partial charge >= 0.3 is 0 Å². The monoisotopic (exact) mass is 443 g/mol. The van der Waals surface area contributed by atoms with Crippen LogP contribution < -0.4 is 20.5 Å². The van der Waals surface area contributed by atoms with Gasteiger partial charge in [-0.1, -0.05) is 36.4 Å². The fraction of sp³-hybridized carbons (Fsp3) is 0.160. The molecular formula is C25H25N5O3. The van der Waals surface area contributed by atoms with E-state index in [4.69, 9.17) is 15.2 Å². The molecule has 168 valence electrons. The number of rotatable bonds is 8. The third-order valence-electron chi connectivity index (χ3n) is 4.86. The Morgan fingerprint density at radius 3 is 2.73 bits per heavy atom. The summed E-state index contributed by atoms with van der Waals surface area (Å²) < 4.78 is 13.0. The minimum absolute atomic E-state index is 0.151. The molecule has 4 aromatic rings. The zero-order chi connectivity index (χ0) is 23.2. The number of benzene rings is 3. The molecule has 33 heavy (non-hydrogen) atoms. The number of carbonyl (C=O) groups excluding carboxylic acids is 1. The summed E-state index contributed by atoms with van der Waals surface area (Å²) in [6, 6.07) is 19.0. The summed E-state index contributed by atoms with van der Waals surface area (Å²) in [7, 11) is 0. The molecule has 3 aromatic carbocycles. The predicted octanol–water partition coefficient (Wildman–Crippen LogP) is 4.23. The standard InChI is InChI=1S/C25H25N5O3/c1-3-32-23-13-18(14-27-30-15-17(2)28-25(30)26)11-12-22(23)33-16-24(31)29-21-10-6-8-19-7-4-5-9-20(19)21/h4-15H,3,16H2,1-2H3,(H2,26,28)(H,29,31). The number of fused-ring (bicyclic) bond motifs is 1. The van der Waals surface area contributed by atoms with E-state index >= 15 is 0 Å². The molecule has 8 heteroatoms. The molecule has 0 atom stereocenters. The maximum absolute atomic E-state index is 12.5. The summed E-state index contributed by atoms with van der Waals surface area (Å²) in [6.45, 7) is 4.03. The number of amides is 1. The topological polar surface area (TPSA) is 104 Å². The molecule has 0 fully saturated rings. The second-order valence-electron chi connectivity index (χ2n) is 7.33. The van der Waals surface area contributed by atoms with Crippen molar-refractivity contribution in [2.75, 3.05) is 24.3 Å². The summed E-state index contributed by atoms with van der Waals surface area (Å²) in [5.74, 6) is 1.05. The van der Waals surface area contributed by atoms with Crippen LogP contribution >= 0.6 is 0 Å². The Kier molecular flexibility index (Phi) is 6.54. The highest BCUT2D eigenvalue weighted by Gasteiger charge is 2.11. The van der Waals surface area contributed by atoms with Crippen LogP contribution in [-0.2, 0) is 4.79 Å². The minimum atomic E-state index is -0.259. The first-order valence-electron chi connectivity index (χ1n) is 10.6. The van der Waals surface area contributed by atoms with Crippen LogP contribution in [0.4, 0.5) is 11.6 Å². The van der Waals surface area contributed by atoms with Crippen LogP contribution in [0.2, 0.25) is 0 Å². The SMILES string of the molecule is CCOc1cc(C=Nn2cc(C)nc2N)ccc1OCC(=O)Nc1cccc2ccccc12. The number of carbonyl (C=O) groups is 1. The lowest BCUT2D eigenvalue weighted by atomic mass is 10.1. The van der Waals surface area contributed by atoms with Gasteiger partial charge in [0.2, 0.25) is 5.95 Å². The first-order valence-corrected chi connectivity index (χ1v) is 10.6. The van der Waals surface area contributed by atoms with Crippen molar-refractivity contribution in [1.29, 1.82) is 0 Å². The number of nitrogens with one attached hydrogen (secondary N) is 1. The lowest BCUT2D eigenvalue weighted by Crippen LogP contribution is -2.20. The van der Waals surface area contributed by atoms with Gasteiger partial charge in [0.15, 0.2) is 18.1 Å². The van der Waals surface area contributed by atoms with Gasteiger partial charge in [0, 0.05) is 11.1 Å². The highest BCUT2D eigenvalue weighted by atomic mass is 16.5. The fourth-order valence-corrected chi connectivity index (χ4v) is 3.38. The molecule has 0 saturated heterocycles. The van der Waals surface area contributed by atoms with Crippen molar-refractivity contribution in [3.63, 3.8) is 0 Å². The Labute approximate surface area is 191 Å². The molecule has 0 bridgehead atoms. The number of nitrogens with two attached hydrogens (primary N) is 1. The number of aryl methyl sites for hydroxylation is 1. The largest absolute Gasteiger partial charge is 0.490 e. The van der Waals surface area contributed by atoms with Gasteiger partial charge in [0.05, 0.1) is 24.7 Å². The average Bonchev–Trinajstić information content (AvgIpc) is 3.14. The smallest absolute Gasteiger partial charge is 0.262 e. The van der Waals surface area contributed by atoms with Gasteiger partial charge in [-0.3, -0.25) is 4.79 Å². The summed E-state index contributed by atoms with van der Waals surface area (Å²) >= 11 is 0. The number of nitrogen functional groups attached to an aromatic ring is 1. The number of anilines is 2. The van der Waals surface area contributed by atoms with E-state index in [9.17, 15) is 4.79 Å². The molecule has 0 spiro atoms. The average molecular weight is 444 g/mol. The van der Waals surface area contributed by atoms with Crippen LogP contribution in [0.3, 0.4) is 0 Å². The van der Waals surface area contributed by atoms with Crippen molar-refractivity contribution >= 4 is 34.5 Å². The van der Waals surface area contributed by atoms with Gasteiger partial charge in [0.25, 0.3) is 5.91 Å². The Balaban J connectivity index is 1.44. The molecule has 0 unspecified atom stereocenters. The molecule has 0 radical (unpaired) electrons. The van der Waals surface area contributed by atoms with Crippen LogP contribution in [0.1, 0.15) is 18.2 Å². The predicted molar refractivity (Wildman–Crippen MR) is 130 cm³/mol. The van der Waals surface area contributed by atoms with Crippen LogP contribution in [0.25, 0.3) is 10.8 Å². The van der Waals surface area contributed by atoms with Gasteiger partial charge < -0.3 is 20.5 Å². The Hall–Kier alpha value is -4.33. The van der Waals surface area contributed by atoms with E-state index in [1.54, 1.807) is 24.5 Å². The van der Waals surface area contributed by atoms with Crippen molar-refractivity contribution in [2.24, 2.45) is 5.10 Å². The van der Waals surface area contributed by atoms with Gasteiger partial charge in [-0.05, 0) is 49.1 Å². The molecule has 0 saturated carbocycles. The summed E-state index contributed by atoms with van der Waals surface area (Å²) in [6.07, 6.45) is 3.39. The molecule has 1 amide bonds. The molecule has 4 rings (SSSR count). The molecule has 1 aromatic heterocycles. The second-order valence-corrected chi connectivity index (χ2v) is 7.33. The molecule has 0 aliphatic carbocycles. The van der Waals surface area contributed by atoms with Crippen LogP contribution in [0, 0.1) is 6.92 Å². The maximum Gasteiger partial charge on any atom is 0.262 e. The van der Waals surface area contributed by atoms with Crippen LogP contribution in [0.15, 0.2) is 72.0 Å². The van der Waals surface area contributed by atoms with Gasteiger partial charge in [-0.15, -0.1) is 0 Å². The highest BCUT2D eigenvalue weighted by molar-refractivity contribution is 6.02. The first-order chi connectivity index (χ1) is 16.0. The van der Waals surface area contributed by atoms with Crippen molar-refractivity contribution in [1.82, 2.24) is 9.66 Å². The number of ether oxygens (including phenoxy) is 2.